The summed E-state index contributed by atoms with van der Waals surface area (Å²) in [6.45, 7) is 4.52. The van der Waals surface area contributed by atoms with Gasteiger partial charge in [-0.3, -0.25) is 14.3 Å². The van der Waals surface area contributed by atoms with E-state index in [4.69, 9.17) is 4.84 Å². The average Bonchev–Trinajstić information content (AvgIpc) is 2.91. The van der Waals surface area contributed by atoms with E-state index in [1.165, 1.54) is 6.42 Å². The van der Waals surface area contributed by atoms with Gasteiger partial charge in [0.2, 0.25) is 5.91 Å². The Balaban J connectivity index is 1.35. The van der Waals surface area contributed by atoms with Gasteiger partial charge in [0.25, 0.3) is 0 Å². The molecular formula is C19H30N4O3. The quantitative estimate of drug-likeness (QED) is 0.866. The highest BCUT2D eigenvalue weighted by Crippen LogP contribution is 2.37. The molecule has 1 atom stereocenters. The highest BCUT2D eigenvalue weighted by Gasteiger charge is 2.30. The Kier molecular flexibility index (Phi) is 5.57. The molecule has 3 heterocycles. The first-order valence-electron chi connectivity index (χ1n) is 10.1. The van der Waals surface area contributed by atoms with Crippen molar-refractivity contribution in [1.29, 1.82) is 0 Å². The number of aliphatic hydroxyl groups excluding tert-OH is 1. The standard InChI is InChI=1S/C19H30N4O3/c24-18(7-11-22-9-1-2-12-26-22)21-8-4-10-23-16(14-21)13-17(20-23)19(25)15-5-3-6-15/h13,15,19,25H,1-12,14H2/t19-/m0/s1. The van der Waals surface area contributed by atoms with Crippen LogP contribution in [-0.4, -0.2) is 57.0 Å². The fourth-order valence-electron chi connectivity index (χ4n) is 4.04. The topological polar surface area (TPSA) is 70.8 Å². The zero-order valence-electron chi connectivity index (χ0n) is 15.5. The molecule has 7 heteroatoms. The molecule has 1 saturated heterocycles. The molecule has 26 heavy (non-hydrogen) atoms. The van der Waals surface area contributed by atoms with Gasteiger partial charge in [-0.2, -0.15) is 10.2 Å². The van der Waals surface area contributed by atoms with Gasteiger partial charge >= 0.3 is 0 Å². The van der Waals surface area contributed by atoms with Crippen LogP contribution in [0.5, 0.6) is 0 Å². The third-order valence-corrected chi connectivity index (χ3v) is 5.94. The molecule has 1 aromatic rings. The van der Waals surface area contributed by atoms with Crippen molar-refractivity contribution >= 4 is 5.91 Å². The van der Waals surface area contributed by atoms with E-state index in [-0.39, 0.29) is 5.91 Å². The van der Waals surface area contributed by atoms with E-state index in [2.05, 4.69) is 5.10 Å². The zero-order chi connectivity index (χ0) is 17.9. The van der Waals surface area contributed by atoms with Crippen molar-refractivity contribution in [2.24, 2.45) is 5.92 Å². The highest BCUT2D eigenvalue weighted by atomic mass is 16.7. The Bertz CT molecular complexity index is 622. The maximum Gasteiger partial charge on any atom is 0.224 e. The van der Waals surface area contributed by atoms with Crippen molar-refractivity contribution in [3.8, 4) is 0 Å². The van der Waals surface area contributed by atoms with E-state index >= 15 is 0 Å². The Morgan fingerprint density at radius 3 is 2.85 bits per heavy atom. The van der Waals surface area contributed by atoms with E-state index in [9.17, 15) is 9.90 Å². The first-order chi connectivity index (χ1) is 12.7. The van der Waals surface area contributed by atoms with Crippen LogP contribution in [0.3, 0.4) is 0 Å². The van der Waals surface area contributed by atoms with E-state index in [1.54, 1.807) is 0 Å². The smallest absolute Gasteiger partial charge is 0.224 e. The number of aromatic nitrogens is 2. The van der Waals surface area contributed by atoms with Crippen LogP contribution < -0.4 is 0 Å². The summed E-state index contributed by atoms with van der Waals surface area (Å²) in [5.74, 6) is 0.534. The van der Waals surface area contributed by atoms with E-state index < -0.39 is 6.10 Å². The number of hydrogen-bond acceptors (Lipinski definition) is 5. The Morgan fingerprint density at radius 2 is 2.12 bits per heavy atom. The Hall–Kier alpha value is -1.44. The second-order valence-corrected chi connectivity index (χ2v) is 7.81. The minimum Gasteiger partial charge on any atom is -0.386 e. The van der Waals surface area contributed by atoms with Crippen LogP contribution in [0.1, 0.15) is 62.4 Å². The second kappa shape index (κ2) is 8.06. The summed E-state index contributed by atoms with van der Waals surface area (Å²) in [4.78, 5) is 20.2. The lowest BCUT2D eigenvalue weighted by Crippen LogP contribution is -2.36. The lowest BCUT2D eigenvalue weighted by atomic mass is 9.80. The summed E-state index contributed by atoms with van der Waals surface area (Å²) in [6.07, 6.45) is 6.57. The second-order valence-electron chi connectivity index (χ2n) is 7.81. The molecule has 1 N–H and O–H groups in total. The predicted octanol–water partition coefficient (Wildman–Crippen LogP) is 1.87. The van der Waals surface area contributed by atoms with E-state index in [0.29, 0.717) is 25.4 Å². The van der Waals surface area contributed by atoms with Crippen LogP contribution in [0.2, 0.25) is 0 Å². The molecule has 1 aliphatic carbocycles. The SMILES string of the molecule is O=C(CCN1CCCCO1)N1CCCn2nc([C@@H](O)C3CCC3)cc2C1. The number of carbonyl (C=O) groups is 1. The molecule has 0 unspecified atom stereocenters. The first kappa shape index (κ1) is 17.9. The van der Waals surface area contributed by atoms with Gasteiger partial charge < -0.3 is 10.0 Å². The van der Waals surface area contributed by atoms with Crippen molar-refractivity contribution in [2.45, 2.75) is 64.1 Å². The summed E-state index contributed by atoms with van der Waals surface area (Å²) in [5, 5.41) is 17.0. The Morgan fingerprint density at radius 1 is 1.23 bits per heavy atom. The highest BCUT2D eigenvalue weighted by molar-refractivity contribution is 5.76. The number of aryl methyl sites for hydroxylation is 1. The van der Waals surface area contributed by atoms with Gasteiger partial charge in [-0.25, -0.2) is 0 Å². The maximum atomic E-state index is 12.7. The lowest BCUT2D eigenvalue weighted by Gasteiger charge is -2.29. The molecule has 1 amide bonds. The van der Waals surface area contributed by atoms with Crippen LogP contribution in [0.4, 0.5) is 0 Å². The number of hydrogen-bond donors (Lipinski definition) is 1. The van der Waals surface area contributed by atoms with Crippen LogP contribution in [0.15, 0.2) is 6.07 Å². The summed E-state index contributed by atoms with van der Waals surface area (Å²) in [5.41, 5.74) is 1.82. The minimum absolute atomic E-state index is 0.176. The van der Waals surface area contributed by atoms with Crippen LogP contribution >= 0.6 is 0 Å². The monoisotopic (exact) mass is 362 g/mol. The number of nitrogens with zero attached hydrogens (tertiary/aromatic N) is 4. The number of amides is 1. The molecule has 2 aliphatic heterocycles. The summed E-state index contributed by atoms with van der Waals surface area (Å²) < 4.78 is 1.98. The predicted molar refractivity (Wildman–Crippen MR) is 95.9 cm³/mol. The fraction of sp³-hybridized carbons (Fsp3) is 0.789. The molecule has 0 spiro atoms. The van der Waals surface area contributed by atoms with Gasteiger partial charge in [-0.05, 0) is 44.1 Å². The molecule has 144 valence electrons. The number of aliphatic hydroxyl groups is 1. The molecule has 1 aromatic heterocycles. The van der Waals surface area contributed by atoms with Crippen molar-refractivity contribution in [1.82, 2.24) is 19.7 Å². The van der Waals surface area contributed by atoms with Gasteiger partial charge in [0, 0.05) is 32.6 Å². The lowest BCUT2D eigenvalue weighted by molar-refractivity contribution is -0.182. The molecule has 7 nitrogen and oxygen atoms in total. The molecule has 3 aliphatic rings. The van der Waals surface area contributed by atoms with Crippen molar-refractivity contribution in [3.63, 3.8) is 0 Å². The molecule has 0 aromatic carbocycles. The summed E-state index contributed by atoms with van der Waals surface area (Å²) in [6, 6.07) is 2.00. The molecular weight excluding hydrogens is 332 g/mol. The normalized spacial score (nSPS) is 23.2. The largest absolute Gasteiger partial charge is 0.386 e. The zero-order valence-corrected chi connectivity index (χ0v) is 15.5. The number of rotatable bonds is 5. The van der Waals surface area contributed by atoms with Crippen LogP contribution in [-0.2, 0) is 22.7 Å². The van der Waals surface area contributed by atoms with Gasteiger partial charge in [-0.15, -0.1) is 0 Å². The first-order valence-corrected chi connectivity index (χ1v) is 10.1. The average molecular weight is 362 g/mol. The molecule has 0 bridgehead atoms. The summed E-state index contributed by atoms with van der Waals surface area (Å²) in [7, 11) is 0. The third-order valence-electron chi connectivity index (χ3n) is 5.94. The van der Waals surface area contributed by atoms with Crippen molar-refractivity contribution in [3.05, 3.63) is 17.5 Å². The number of hydroxylamine groups is 2. The molecule has 0 radical (unpaired) electrons. The molecule has 4 rings (SSSR count). The third kappa shape index (κ3) is 3.94. The molecule has 2 fully saturated rings. The number of carbonyl (C=O) groups excluding carboxylic acids is 1. The summed E-state index contributed by atoms with van der Waals surface area (Å²) >= 11 is 0. The maximum absolute atomic E-state index is 12.7. The minimum atomic E-state index is -0.455. The number of fused-ring (bicyclic) bond motifs is 1. The van der Waals surface area contributed by atoms with Crippen LogP contribution in [0.25, 0.3) is 0 Å². The molecule has 1 saturated carbocycles. The van der Waals surface area contributed by atoms with Crippen molar-refractivity contribution < 1.29 is 14.7 Å². The van der Waals surface area contributed by atoms with Crippen LogP contribution in [0, 0.1) is 5.92 Å². The van der Waals surface area contributed by atoms with E-state index in [1.807, 2.05) is 20.7 Å². The van der Waals surface area contributed by atoms with E-state index in [0.717, 1.165) is 69.7 Å². The fourth-order valence-corrected chi connectivity index (χ4v) is 4.04. The van der Waals surface area contributed by atoms with Gasteiger partial charge in [0.1, 0.15) is 6.10 Å². The Labute approximate surface area is 154 Å². The van der Waals surface area contributed by atoms with Gasteiger partial charge in [-0.1, -0.05) is 6.42 Å². The van der Waals surface area contributed by atoms with Gasteiger partial charge in [0.15, 0.2) is 0 Å². The van der Waals surface area contributed by atoms with Crippen molar-refractivity contribution in [2.75, 3.05) is 26.2 Å². The van der Waals surface area contributed by atoms with Gasteiger partial charge in [0.05, 0.1) is 24.5 Å².